The second-order valence-corrected chi connectivity index (χ2v) is 12.6. The molecule has 168 valence electrons. The van der Waals surface area contributed by atoms with Gasteiger partial charge in [0, 0.05) is 12.4 Å². The summed E-state index contributed by atoms with van der Waals surface area (Å²) in [6, 6.07) is 15.2. The molecule has 2 N–H and O–H groups in total. The maximum Gasteiger partial charge on any atom is 0.261 e. The first kappa shape index (κ1) is 25.1. The van der Waals surface area contributed by atoms with Crippen molar-refractivity contribution in [2.75, 3.05) is 6.26 Å². The maximum absolute atomic E-state index is 9.19. The Kier molecular flexibility index (Phi) is 11.7. The van der Waals surface area contributed by atoms with Crippen LogP contribution in [0.5, 0.6) is 0 Å². The van der Waals surface area contributed by atoms with Crippen molar-refractivity contribution in [3.63, 3.8) is 0 Å². The molecule has 0 unspecified atom stereocenters. The highest BCUT2D eigenvalue weighted by Crippen LogP contribution is 2.57. The van der Waals surface area contributed by atoms with Gasteiger partial charge in [-0.3, -0.25) is 4.55 Å². The van der Waals surface area contributed by atoms with Crippen molar-refractivity contribution in [2.45, 2.75) is 81.7 Å². The van der Waals surface area contributed by atoms with Crippen LogP contribution >= 0.6 is 7.92 Å². The van der Waals surface area contributed by atoms with Crippen LogP contribution in [0, 0.1) is 0 Å². The van der Waals surface area contributed by atoms with Gasteiger partial charge in [0.05, 0.1) is 6.26 Å². The molecule has 0 spiro atoms. The third-order valence-electron chi connectivity index (χ3n) is 5.79. The molecule has 2 aliphatic rings. The maximum atomic E-state index is 9.19. The molecular formula is C24H38NO3PS. The monoisotopic (exact) mass is 451 g/mol. The van der Waals surface area contributed by atoms with Gasteiger partial charge < -0.3 is 4.98 Å². The summed E-state index contributed by atoms with van der Waals surface area (Å²) < 4.78 is 25.9. The number of aromatic amines is 1. The topological polar surface area (TPSA) is 70.2 Å². The van der Waals surface area contributed by atoms with Gasteiger partial charge in [-0.2, -0.15) is 8.42 Å². The first-order valence-corrected chi connectivity index (χ1v) is 14.7. The van der Waals surface area contributed by atoms with Crippen molar-refractivity contribution in [2.24, 2.45) is 0 Å². The minimum absolute atomic E-state index is 0.227. The lowest BCUT2D eigenvalue weighted by Gasteiger charge is -2.38. The molecule has 0 amide bonds. The highest BCUT2D eigenvalue weighted by Gasteiger charge is 2.30. The van der Waals surface area contributed by atoms with Crippen LogP contribution in [0.4, 0.5) is 0 Å². The number of aromatic nitrogens is 1. The number of H-pyrrole nitrogens is 1. The number of hydrogen-bond donors (Lipinski definition) is 2. The number of hydrogen-bond acceptors (Lipinski definition) is 2. The normalized spacial score (nSPS) is 18.1. The van der Waals surface area contributed by atoms with Crippen molar-refractivity contribution >= 4 is 18.0 Å². The van der Waals surface area contributed by atoms with E-state index >= 15 is 0 Å². The van der Waals surface area contributed by atoms with Crippen LogP contribution in [-0.4, -0.2) is 35.5 Å². The largest absolute Gasteiger partial charge is 0.368 e. The van der Waals surface area contributed by atoms with Gasteiger partial charge in [0.15, 0.2) is 0 Å². The van der Waals surface area contributed by atoms with Gasteiger partial charge in [-0.05, 0) is 60.9 Å². The molecule has 1 aromatic heterocycles. The van der Waals surface area contributed by atoms with Crippen molar-refractivity contribution < 1.29 is 13.0 Å². The van der Waals surface area contributed by atoms with Gasteiger partial charge in [-0.15, -0.1) is 0 Å². The molecule has 4 rings (SSSR count). The third-order valence-corrected chi connectivity index (χ3v) is 9.43. The van der Waals surface area contributed by atoms with E-state index in [-0.39, 0.29) is 7.92 Å². The average molecular weight is 452 g/mol. The number of benzene rings is 1. The van der Waals surface area contributed by atoms with Gasteiger partial charge in [0.25, 0.3) is 10.1 Å². The predicted molar refractivity (Wildman–Crippen MR) is 129 cm³/mol. The second-order valence-electron chi connectivity index (χ2n) is 8.36. The van der Waals surface area contributed by atoms with Crippen molar-refractivity contribution in [3.8, 4) is 0 Å². The lowest BCUT2D eigenvalue weighted by Crippen LogP contribution is -2.21. The summed E-state index contributed by atoms with van der Waals surface area (Å²) in [4.78, 5) is 2.86. The Morgan fingerprint density at radius 1 is 0.833 bits per heavy atom. The van der Waals surface area contributed by atoms with Crippen LogP contribution in [0.1, 0.15) is 69.8 Å². The molecule has 0 saturated heterocycles. The van der Waals surface area contributed by atoms with Crippen molar-refractivity contribution in [1.82, 2.24) is 4.98 Å². The van der Waals surface area contributed by atoms with E-state index in [4.69, 9.17) is 4.55 Å². The molecule has 0 bridgehead atoms. The molecule has 6 heteroatoms. The average Bonchev–Trinajstić information content (AvgIpc) is 3.33. The van der Waals surface area contributed by atoms with Gasteiger partial charge in [0.2, 0.25) is 0 Å². The first-order valence-electron chi connectivity index (χ1n) is 11.2. The summed E-state index contributed by atoms with van der Waals surface area (Å²) >= 11 is 0. The molecule has 2 aliphatic carbocycles. The molecule has 0 aliphatic heterocycles. The molecular weight excluding hydrogens is 413 g/mol. The highest BCUT2D eigenvalue weighted by molar-refractivity contribution is 7.85. The zero-order chi connectivity index (χ0) is 21.7. The molecule has 30 heavy (non-hydrogen) atoms. The summed E-state index contributed by atoms with van der Waals surface area (Å²) in [6.07, 6.45) is 21.0. The zero-order valence-electron chi connectivity index (χ0n) is 18.2. The van der Waals surface area contributed by atoms with Crippen molar-refractivity contribution in [3.05, 3.63) is 60.4 Å². The Morgan fingerprint density at radius 3 is 1.63 bits per heavy atom. The van der Waals surface area contributed by atoms with E-state index < -0.39 is 10.1 Å². The Hall–Kier alpha value is -1.16. The van der Waals surface area contributed by atoms with E-state index in [9.17, 15) is 8.42 Å². The summed E-state index contributed by atoms with van der Waals surface area (Å²) in [5.41, 5.74) is 3.78. The fourth-order valence-corrected chi connectivity index (χ4v) is 8.26. The summed E-state index contributed by atoms with van der Waals surface area (Å²) in [7, 11) is -3.44. The number of rotatable bonds is 4. The molecule has 1 aromatic carbocycles. The first-order chi connectivity index (χ1) is 14.4. The van der Waals surface area contributed by atoms with Crippen LogP contribution in [0.2, 0.25) is 0 Å². The third kappa shape index (κ3) is 11.3. The van der Waals surface area contributed by atoms with E-state index in [1.54, 1.807) is 5.56 Å². The van der Waals surface area contributed by atoms with E-state index in [1.165, 1.54) is 70.4 Å². The van der Waals surface area contributed by atoms with Crippen molar-refractivity contribution in [1.29, 1.82) is 0 Å². The predicted octanol–water partition coefficient (Wildman–Crippen LogP) is 6.85. The Morgan fingerprint density at radius 2 is 1.27 bits per heavy atom. The quantitative estimate of drug-likeness (QED) is 0.394. The molecule has 4 nitrogen and oxygen atoms in total. The molecule has 2 saturated carbocycles. The fourth-order valence-electron chi connectivity index (χ4n) is 4.45. The lowest BCUT2D eigenvalue weighted by molar-refractivity contribution is 0.484. The Bertz CT molecular complexity index is 710. The van der Waals surface area contributed by atoms with E-state index in [0.29, 0.717) is 6.26 Å². The van der Waals surface area contributed by atoms with Gasteiger partial charge in [-0.25, -0.2) is 0 Å². The lowest BCUT2D eigenvalue weighted by atomic mass is 9.99. The highest BCUT2D eigenvalue weighted by atomic mass is 32.2. The zero-order valence-corrected chi connectivity index (χ0v) is 20.0. The van der Waals surface area contributed by atoms with Crippen LogP contribution in [0.3, 0.4) is 0 Å². The SMILES string of the molecule is CS(=O)(=O)O.c1cc[nH]c1.c1ccc(CP(C2CCCCC2)C2CCCCC2)cc1. The Balaban J connectivity index is 0.000000265. The van der Waals surface area contributed by atoms with E-state index in [0.717, 1.165) is 11.3 Å². The van der Waals surface area contributed by atoms with E-state index in [1.807, 2.05) is 24.5 Å². The molecule has 0 atom stereocenters. The van der Waals surface area contributed by atoms with Gasteiger partial charge >= 0.3 is 0 Å². The van der Waals surface area contributed by atoms with E-state index in [2.05, 4.69) is 35.3 Å². The van der Waals surface area contributed by atoms with Gasteiger partial charge in [0.1, 0.15) is 0 Å². The van der Waals surface area contributed by atoms with Crippen LogP contribution in [0.15, 0.2) is 54.9 Å². The van der Waals surface area contributed by atoms with Gasteiger partial charge in [-0.1, -0.05) is 76.8 Å². The fraction of sp³-hybridized carbons (Fsp3) is 0.583. The summed E-state index contributed by atoms with van der Waals surface area (Å²) in [6.45, 7) is 0. The molecule has 1 heterocycles. The minimum Gasteiger partial charge on any atom is -0.368 e. The molecule has 0 radical (unpaired) electrons. The minimum atomic E-state index is -3.67. The standard InChI is InChI=1S/C19H29P.C4H5N.CH4O3S/c1-4-10-17(11-5-1)16-20(18-12-6-2-7-13-18)19-14-8-3-9-15-19;1-2-4-5-3-1;1-5(2,3)4/h1,4-5,10-11,18-19H,2-3,6-9,12-16H2;1-5H;1H3,(H,2,3,4). The number of nitrogens with one attached hydrogen (secondary N) is 1. The van der Waals surface area contributed by atoms with Crippen LogP contribution in [-0.2, 0) is 16.3 Å². The summed E-state index contributed by atoms with van der Waals surface area (Å²) in [5.74, 6) is 0. The smallest absolute Gasteiger partial charge is 0.261 e. The summed E-state index contributed by atoms with van der Waals surface area (Å²) in [5, 5.41) is 0. The molecule has 2 fully saturated rings. The van der Waals surface area contributed by atoms with Crippen LogP contribution < -0.4 is 0 Å². The Labute approximate surface area is 184 Å². The molecule has 2 aromatic rings. The second kappa shape index (κ2) is 14.0. The van der Waals surface area contributed by atoms with Crippen LogP contribution in [0.25, 0.3) is 0 Å².